The molecule has 0 unspecified atom stereocenters. The molecule has 0 aromatic heterocycles. The summed E-state index contributed by atoms with van der Waals surface area (Å²) in [5.41, 5.74) is 0.326. The molecule has 22 heavy (non-hydrogen) atoms. The largest absolute Gasteiger partial charge is 0.464 e. The third-order valence-electron chi connectivity index (χ3n) is 2.59. The standard InChI is InChI=1S/C16H22INO4/c1-5-21-14(19)13(18-15(20)22-16(2,3)4)10-11-7-6-8-12(17)9-11/h6-9,13H,5,10H2,1-4H3,(H,18,20)/t13-/m1/s1. The Labute approximate surface area is 144 Å². The van der Waals surface area contributed by atoms with Crippen molar-refractivity contribution in [2.24, 2.45) is 0 Å². The first-order chi connectivity index (χ1) is 10.2. The van der Waals surface area contributed by atoms with Crippen molar-refractivity contribution >= 4 is 34.7 Å². The highest BCUT2D eigenvalue weighted by Crippen LogP contribution is 2.12. The molecule has 0 radical (unpaired) electrons. The molecule has 0 aliphatic carbocycles. The number of benzene rings is 1. The number of nitrogens with one attached hydrogen (secondary N) is 1. The van der Waals surface area contributed by atoms with E-state index in [0.717, 1.165) is 9.13 Å². The number of rotatable bonds is 5. The molecule has 0 saturated carbocycles. The monoisotopic (exact) mass is 419 g/mol. The number of carbonyl (C=O) groups excluding carboxylic acids is 2. The van der Waals surface area contributed by atoms with Crippen LogP contribution in [0.15, 0.2) is 24.3 Å². The lowest BCUT2D eigenvalue weighted by Crippen LogP contribution is -2.45. The summed E-state index contributed by atoms with van der Waals surface area (Å²) in [5.74, 6) is -0.466. The fourth-order valence-electron chi connectivity index (χ4n) is 1.79. The van der Waals surface area contributed by atoms with Crippen molar-refractivity contribution in [2.45, 2.75) is 45.8 Å². The first-order valence-electron chi connectivity index (χ1n) is 7.12. The molecule has 0 heterocycles. The van der Waals surface area contributed by atoms with Gasteiger partial charge in [-0.3, -0.25) is 0 Å². The quantitative estimate of drug-likeness (QED) is 0.588. The molecule has 5 nitrogen and oxygen atoms in total. The number of hydrogen-bond acceptors (Lipinski definition) is 4. The van der Waals surface area contributed by atoms with Gasteiger partial charge in [-0.15, -0.1) is 0 Å². The first kappa shape index (κ1) is 18.7. The van der Waals surface area contributed by atoms with Crippen LogP contribution in [0.2, 0.25) is 0 Å². The van der Waals surface area contributed by atoms with Gasteiger partial charge in [0.1, 0.15) is 11.6 Å². The molecule has 1 amide bonds. The maximum absolute atomic E-state index is 12.0. The predicted molar refractivity (Wildman–Crippen MR) is 92.7 cm³/mol. The van der Waals surface area contributed by atoms with Gasteiger partial charge in [-0.2, -0.15) is 0 Å². The van der Waals surface area contributed by atoms with Gasteiger partial charge in [0.15, 0.2) is 0 Å². The third kappa shape index (κ3) is 7.11. The van der Waals surface area contributed by atoms with E-state index in [4.69, 9.17) is 9.47 Å². The highest BCUT2D eigenvalue weighted by atomic mass is 127. The topological polar surface area (TPSA) is 64.6 Å². The van der Waals surface area contributed by atoms with Crippen molar-refractivity contribution in [1.82, 2.24) is 5.32 Å². The van der Waals surface area contributed by atoms with E-state index in [1.807, 2.05) is 24.3 Å². The average Bonchev–Trinajstić information content (AvgIpc) is 2.36. The van der Waals surface area contributed by atoms with E-state index in [0.29, 0.717) is 6.42 Å². The second-order valence-electron chi connectivity index (χ2n) is 5.78. The SMILES string of the molecule is CCOC(=O)[C@@H](Cc1cccc(I)c1)NC(=O)OC(C)(C)C. The van der Waals surface area contributed by atoms with Crippen LogP contribution in [0, 0.1) is 3.57 Å². The summed E-state index contributed by atoms with van der Waals surface area (Å²) in [6.45, 7) is 7.30. The van der Waals surface area contributed by atoms with Crippen LogP contribution in [0.1, 0.15) is 33.3 Å². The van der Waals surface area contributed by atoms with Crippen molar-refractivity contribution in [2.75, 3.05) is 6.61 Å². The Bertz CT molecular complexity index is 525. The van der Waals surface area contributed by atoms with Crippen molar-refractivity contribution in [3.05, 3.63) is 33.4 Å². The molecular weight excluding hydrogens is 397 g/mol. The fourth-order valence-corrected chi connectivity index (χ4v) is 2.39. The van der Waals surface area contributed by atoms with Gasteiger partial charge >= 0.3 is 12.1 Å². The molecular formula is C16H22INO4. The predicted octanol–water partition coefficient (Wildman–Crippen LogP) is 3.29. The second-order valence-corrected chi connectivity index (χ2v) is 7.03. The number of esters is 1. The summed E-state index contributed by atoms with van der Waals surface area (Å²) in [4.78, 5) is 23.9. The van der Waals surface area contributed by atoms with Gasteiger partial charge < -0.3 is 14.8 Å². The molecule has 1 aromatic carbocycles. The number of carbonyl (C=O) groups is 2. The fraction of sp³-hybridized carbons (Fsp3) is 0.500. The van der Waals surface area contributed by atoms with Gasteiger partial charge in [0, 0.05) is 9.99 Å². The molecule has 6 heteroatoms. The average molecular weight is 419 g/mol. The number of ether oxygens (including phenoxy) is 2. The second kappa shape index (κ2) is 8.36. The van der Waals surface area contributed by atoms with E-state index in [2.05, 4.69) is 27.9 Å². The molecule has 0 spiro atoms. The lowest BCUT2D eigenvalue weighted by Gasteiger charge is -2.23. The number of halogens is 1. The Morgan fingerprint density at radius 1 is 1.32 bits per heavy atom. The van der Waals surface area contributed by atoms with E-state index < -0.39 is 23.7 Å². The van der Waals surface area contributed by atoms with Crippen LogP contribution in [0.5, 0.6) is 0 Å². The normalized spacial score (nSPS) is 12.4. The maximum Gasteiger partial charge on any atom is 0.408 e. The number of amides is 1. The summed E-state index contributed by atoms with van der Waals surface area (Å²) >= 11 is 2.20. The van der Waals surface area contributed by atoms with E-state index >= 15 is 0 Å². The van der Waals surface area contributed by atoms with E-state index in [1.54, 1.807) is 27.7 Å². The van der Waals surface area contributed by atoms with E-state index in [1.165, 1.54) is 0 Å². The van der Waals surface area contributed by atoms with Crippen molar-refractivity contribution in [1.29, 1.82) is 0 Å². The molecule has 1 N–H and O–H groups in total. The van der Waals surface area contributed by atoms with Crippen molar-refractivity contribution in [3.63, 3.8) is 0 Å². The lowest BCUT2D eigenvalue weighted by atomic mass is 10.1. The molecule has 0 saturated heterocycles. The van der Waals surface area contributed by atoms with Gasteiger partial charge in [-0.25, -0.2) is 9.59 Å². The van der Waals surface area contributed by atoms with E-state index in [-0.39, 0.29) is 6.61 Å². The molecule has 1 aromatic rings. The zero-order chi connectivity index (χ0) is 16.8. The number of alkyl carbamates (subject to hydrolysis) is 1. The number of hydrogen-bond donors (Lipinski definition) is 1. The molecule has 122 valence electrons. The van der Waals surface area contributed by atoms with Gasteiger partial charge in [-0.05, 0) is 68.0 Å². The van der Waals surface area contributed by atoms with Gasteiger partial charge in [0.05, 0.1) is 6.61 Å². The maximum atomic E-state index is 12.0. The van der Waals surface area contributed by atoms with Gasteiger partial charge in [0.2, 0.25) is 0 Å². The molecule has 0 fully saturated rings. The molecule has 0 aliphatic heterocycles. The zero-order valence-electron chi connectivity index (χ0n) is 13.3. The third-order valence-corrected chi connectivity index (χ3v) is 3.26. The van der Waals surface area contributed by atoms with Gasteiger partial charge in [-0.1, -0.05) is 12.1 Å². The summed E-state index contributed by atoms with van der Waals surface area (Å²) in [7, 11) is 0. The Kier molecular flexibility index (Phi) is 7.12. The van der Waals surface area contributed by atoms with Crippen molar-refractivity contribution in [3.8, 4) is 0 Å². The van der Waals surface area contributed by atoms with Gasteiger partial charge in [0.25, 0.3) is 0 Å². The highest BCUT2D eigenvalue weighted by Gasteiger charge is 2.25. The summed E-state index contributed by atoms with van der Waals surface area (Å²) < 4.78 is 11.3. The Balaban J connectivity index is 2.80. The van der Waals surface area contributed by atoms with E-state index in [9.17, 15) is 9.59 Å². The Morgan fingerprint density at radius 3 is 2.55 bits per heavy atom. The minimum atomic E-state index is -0.770. The van der Waals surface area contributed by atoms with Crippen LogP contribution in [0.25, 0.3) is 0 Å². The summed E-state index contributed by atoms with van der Waals surface area (Å²) in [6.07, 6.45) is -0.272. The zero-order valence-corrected chi connectivity index (χ0v) is 15.5. The first-order valence-corrected chi connectivity index (χ1v) is 8.19. The molecule has 1 atom stereocenters. The minimum Gasteiger partial charge on any atom is -0.464 e. The molecule has 0 aliphatic rings. The summed E-state index contributed by atoms with van der Waals surface area (Å²) in [6, 6.07) is 6.97. The summed E-state index contributed by atoms with van der Waals surface area (Å²) in [5, 5.41) is 2.59. The van der Waals surface area contributed by atoms with Crippen LogP contribution in [0.3, 0.4) is 0 Å². The van der Waals surface area contributed by atoms with Crippen LogP contribution in [-0.2, 0) is 20.7 Å². The lowest BCUT2D eigenvalue weighted by molar-refractivity contribution is -0.145. The molecule has 1 rings (SSSR count). The Hall–Kier alpha value is -1.31. The smallest absolute Gasteiger partial charge is 0.408 e. The van der Waals surface area contributed by atoms with Crippen molar-refractivity contribution < 1.29 is 19.1 Å². The Morgan fingerprint density at radius 2 is 2.00 bits per heavy atom. The van der Waals surface area contributed by atoms with Crippen LogP contribution < -0.4 is 5.32 Å². The minimum absolute atomic E-state index is 0.262. The van der Waals surface area contributed by atoms with Crippen LogP contribution in [-0.4, -0.2) is 30.3 Å². The van der Waals surface area contributed by atoms with Crippen LogP contribution in [0.4, 0.5) is 4.79 Å². The highest BCUT2D eigenvalue weighted by molar-refractivity contribution is 14.1. The van der Waals surface area contributed by atoms with Crippen LogP contribution >= 0.6 is 22.6 Å². The molecule has 0 bridgehead atoms.